The zero-order valence-corrected chi connectivity index (χ0v) is 23.2. The van der Waals surface area contributed by atoms with Gasteiger partial charge in [-0.3, -0.25) is 14.4 Å². The Morgan fingerprint density at radius 1 is 1.15 bits per heavy atom. The molecule has 210 valence electrons. The molecule has 1 spiro atoms. The minimum absolute atomic E-state index is 0.0298. The van der Waals surface area contributed by atoms with E-state index in [4.69, 9.17) is 4.74 Å². The van der Waals surface area contributed by atoms with E-state index in [-0.39, 0.29) is 49.2 Å². The summed E-state index contributed by atoms with van der Waals surface area (Å²) in [4.78, 5) is 44.0. The van der Waals surface area contributed by atoms with Gasteiger partial charge in [0.15, 0.2) is 0 Å². The molecule has 39 heavy (non-hydrogen) atoms. The third kappa shape index (κ3) is 6.15. The molecule has 0 radical (unpaired) electrons. The van der Waals surface area contributed by atoms with E-state index in [1.807, 2.05) is 37.4 Å². The summed E-state index contributed by atoms with van der Waals surface area (Å²) >= 11 is 0. The molecule has 2 heterocycles. The second kappa shape index (κ2) is 11.8. The van der Waals surface area contributed by atoms with Crippen molar-refractivity contribution in [3.8, 4) is 0 Å². The van der Waals surface area contributed by atoms with Gasteiger partial charge in [0.25, 0.3) is 0 Å². The van der Waals surface area contributed by atoms with Gasteiger partial charge in [-0.15, -0.1) is 0 Å². The number of nitrogens with one attached hydrogen (secondary N) is 2. The predicted molar refractivity (Wildman–Crippen MR) is 146 cm³/mol. The number of carbonyl (C=O) groups is 3. The molecule has 2 aliphatic rings. The molecule has 3 atom stereocenters. The standard InChI is InChI=1S/C30H39FN4O4/c1-29(2,32-3)27(37)33-25(19-39-18-21-11-13-23(31)14-12-21)26(36)35-16-8-15-30(20-35)24(17-34(4)28(30)38)22-9-6-5-7-10-22/h5-7,9-14,24-25,32H,8,15-20H2,1-4H3,(H,33,37)/t24?,25-,30?/m1/s1. The molecule has 2 unspecified atom stereocenters. The average molecular weight is 539 g/mol. The summed E-state index contributed by atoms with van der Waals surface area (Å²) in [6.07, 6.45) is 1.39. The van der Waals surface area contributed by atoms with E-state index < -0.39 is 17.0 Å². The Morgan fingerprint density at radius 2 is 1.85 bits per heavy atom. The maximum absolute atomic E-state index is 13.9. The first-order chi connectivity index (χ1) is 18.6. The van der Waals surface area contributed by atoms with Crippen LogP contribution < -0.4 is 10.6 Å². The molecule has 0 aliphatic carbocycles. The highest BCUT2D eigenvalue weighted by Gasteiger charge is 2.55. The van der Waals surface area contributed by atoms with Gasteiger partial charge in [-0.1, -0.05) is 42.5 Å². The monoisotopic (exact) mass is 538 g/mol. The molecule has 0 bridgehead atoms. The highest BCUT2D eigenvalue weighted by atomic mass is 19.1. The fourth-order valence-electron chi connectivity index (χ4n) is 5.62. The van der Waals surface area contributed by atoms with Gasteiger partial charge in [-0.2, -0.15) is 0 Å². The Labute approximate surface area is 229 Å². The molecule has 3 amide bonds. The van der Waals surface area contributed by atoms with Crippen LogP contribution in [0.1, 0.15) is 43.7 Å². The summed E-state index contributed by atoms with van der Waals surface area (Å²) in [5.41, 5.74) is 0.235. The number of likely N-dealkylation sites (tertiary alicyclic amines) is 2. The van der Waals surface area contributed by atoms with Crippen molar-refractivity contribution in [2.75, 3.05) is 40.3 Å². The lowest BCUT2D eigenvalue weighted by Crippen LogP contribution is -2.60. The van der Waals surface area contributed by atoms with Crippen LogP contribution in [-0.4, -0.2) is 79.4 Å². The number of benzene rings is 2. The molecule has 8 nitrogen and oxygen atoms in total. The number of nitrogens with zero attached hydrogens (tertiary/aromatic N) is 2. The van der Waals surface area contributed by atoms with Gasteiger partial charge < -0.3 is 25.2 Å². The van der Waals surface area contributed by atoms with Crippen molar-refractivity contribution < 1.29 is 23.5 Å². The smallest absolute Gasteiger partial charge is 0.247 e. The molecule has 0 saturated carbocycles. The Morgan fingerprint density at radius 3 is 2.51 bits per heavy atom. The van der Waals surface area contributed by atoms with E-state index in [0.717, 1.165) is 11.1 Å². The number of likely N-dealkylation sites (N-methyl/N-ethyl adjacent to an activating group) is 2. The van der Waals surface area contributed by atoms with Crippen LogP contribution in [0.15, 0.2) is 54.6 Å². The minimum Gasteiger partial charge on any atom is -0.374 e. The summed E-state index contributed by atoms with van der Waals surface area (Å²) in [5, 5.41) is 5.83. The molecule has 0 aromatic heterocycles. The highest BCUT2D eigenvalue weighted by Crippen LogP contribution is 2.49. The Kier molecular flexibility index (Phi) is 8.71. The van der Waals surface area contributed by atoms with Gasteiger partial charge in [0.1, 0.15) is 11.9 Å². The maximum atomic E-state index is 13.9. The summed E-state index contributed by atoms with van der Waals surface area (Å²) < 4.78 is 19.1. The maximum Gasteiger partial charge on any atom is 0.247 e. The number of piperidine rings is 1. The number of hydrogen-bond acceptors (Lipinski definition) is 5. The highest BCUT2D eigenvalue weighted by molar-refractivity contribution is 5.93. The number of hydrogen-bond donors (Lipinski definition) is 2. The number of carbonyl (C=O) groups excluding carboxylic acids is 3. The fourth-order valence-corrected chi connectivity index (χ4v) is 5.62. The van der Waals surface area contributed by atoms with Crippen LogP contribution in [0, 0.1) is 11.2 Å². The van der Waals surface area contributed by atoms with Gasteiger partial charge in [-0.05, 0) is 57.0 Å². The molecule has 2 saturated heterocycles. The Balaban J connectivity index is 1.54. The number of amides is 3. The first-order valence-corrected chi connectivity index (χ1v) is 13.5. The normalized spacial score (nSPS) is 22.3. The van der Waals surface area contributed by atoms with Crippen molar-refractivity contribution in [1.82, 2.24) is 20.4 Å². The van der Waals surface area contributed by atoms with Crippen molar-refractivity contribution in [3.05, 3.63) is 71.5 Å². The van der Waals surface area contributed by atoms with Crippen LogP contribution >= 0.6 is 0 Å². The van der Waals surface area contributed by atoms with E-state index in [1.165, 1.54) is 12.1 Å². The van der Waals surface area contributed by atoms with Crippen molar-refractivity contribution >= 4 is 17.7 Å². The molecule has 9 heteroatoms. The SMILES string of the molecule is CNC(C)(C)C(=O)N[C@H](COCc1ccc(F)cc1)C(=O)N1CCCC2(C1)C(=O)N(C)CC2c1ccccc1. The number of ether oxygens (including phenoxy) is 1. The second-order valence-corrected chi connectivity index (χ2v) is 11.2. The molecule has 2 aromatic carbocycles. The topological polar surface area (TPSA) is 91.0 Å². The van der Waals surface area contributed by atoms with Crippen LogP contribution in [0.3, 0.4) is 0 Å². The van der Waals surface area contributed by atoms with Gasteiger partial charge in [0.2, 0.25) is 17.7 Å². The predicted octanol–water partition coefficient (Wildman–Crippen LogP) is 2.69. The van der Waals surface area contributed by atoms with Crippen LogP contribution in [-0.2, 0) is 25.7 Å². The van der Waals surface area contributed by atoms with Crippen LogP contribution in [0.25, 0.3) is 0 Å². The summed E-state index contributed by atoms with van der Waals surface area (Å²) in [6.45, 7) is 4.96. The van der Waals surface area contributed by atoms with Crippen molar-refractivity contribution in [2.45, 2.75) is 50.8 Å². The second-order valence-electron chi connectivity index (χ2n) is 11.2. The lowest BCUT2D eigenvalue weighted by atomic mass is 9.69. The summed E-state index contributed by atoms with van der Waals surface area (Å²) in [5.74, 6) is -0.925. The largest absolute Gasteiger partial charge is 0.374 e. The van der Waals surface area contributed by atoms with Crippen molar-refractivity contribution in [1.29, 1.82) is 0 Å². The zero-order chi connectivity index (χ0) is 28.2. The Bertz CT molecular complexity index is 1170. The quantitative estimate of drug-likeness (QED) is 0.513. The molecule has 2 fully saturated rings. The first kappa shape index (κ1) is 28.7. The van der Waals surface area contributed by atoms with Crippen molar-refractivity contribution in [2.24, 2.45) is 5.41 Å². The third-order valence-corrected chi connectivity index (χ3v) is 8.20. The van der Waals surface area contributed by atoms with Gasteiger partial charge in [0, 0.05) is 32.6 Å². The summed E-state index contributed by atoms with van der Waals surface area (Å²) in [6, 6.07) is 15.0. The third-order valence-electron chi connectivity index (χ3n) is 8.20. The zero-order valence-electron chi connectivity index (χ0n) is 23.2. The lowest BCUT2D eigenvalue weighted by molar-refractivity contribution is -0.147. The van der Waals surface area contributed by atoms with Gasteiger partial charge in [0.05, 0.1) is 24.2 Å². The molecule has 4 rings (SSSR count). The van der Waals surface area contributed by atoms with Gasteiger partial charge in [-0.25, -0.2) is 4.39 Å². The Hall–Kier alpha value is -3.30. The van der Waals surface area contributed by atoms with E-state index in [9.17, 15) is 18.8 Å². The molecular formula is C30H39FN4O4. The molecular weight excluding hydrogens is 499 g/mol. The average Bonchev–Trinajstić information content (AvgIpc) is 3.18. The van der Waals surface area contributed by atoms with Crippen LogP contribution in [0.2, 0.25) is 0 Å². The first-order valence-electron chi connectivity index (χ1n) is 13.5. The number of halogens is 1. The van der Waals surface area contributed by atoms with Crippen LogP contribution in [0.5, 0.6) is 0 Å². The van der Waals surface area contributed by atoms with E-state index in [0.29, 0.717) is 25.9 Å². The summed E-state index contributed by atoms with van der Waals surface area (Å²) in [7, 11) is 3.50. The minimum atomic E-state index is -0.940. The van der Waals surface area contributed by atoms with E-state index >= 15 is 0 Å². The van der Waals surface area contributed by atoms with Crippen LogP contribution in [0.4, 0.5) is 4.39 Å². The lowest BCUT2D eigenvalue weighted by Gasteiger charge is -2.43. The molecule has 2 aliphatic heterocycles. The molecule has 2 N–H and O–H groups in total. The van der Waals surface area contributed by atoms with E-state index in [1.54, 1.807) is 42.8 Å². The van der Waals surface area contributed by atoms with E-state index in [2.05, 4.69) is 10.6 Å². The number of rotatable bonds is 9. The fraction of sp³-hybridized carbons (Fsp3) is 0.500. The van der Waals surface area contributed by atoms with Gasteiger partial charge >= 0.3 is 0 Å². The van der Waals surface area contributed by atoms with Crippen molar-refractivity contribution in [3.63, 3.8) is 0 Å². The molecule has 2 aromatic rings.